The van der Waals surface area contributed by atoms with Crippen molar-refractivity contribution in [3.63, 3.8) is 0 Å². The van der Waals surface area contributed by atoms with E-state index in [1.54, 1.807) is 19.1 Å². The van der Waals surface area contributed by atoms with Crippen LogP contribution < -0.4 is 4.72 Å². The zero-order valence-corrected chi connectivity index (χ0v) is 10.5. The highest BCUT2D eigenvalue weighted by atomic mass is 32.2. The van der Waals surface area contributed by atoms with E-state index < -0.39 is 16.1 Å². The Balaban J connectivity index is 2.99. The van der Waals surface area contributed by atoms with E-state index in [9.17, 15) is 8.42 Å². The minimum absolute atomic E-state index is 0.0235. The molecule has 0 aliphatic rings. The van der Waals surface area contributed by atoms with Gasteiger partial charge in [-0.25, -0.2) is 13.1 Å². The van der Waals surface area contributed by atoms with E-state index in [0.29, 0.717) is 5.56 Å². The molecule has 0 fully saturated rings. The molecule has 0 radical (unpaired) electrons. The van der Waals surface area contributed by atoms with Gasteiger partial charge in [0, 0.05) is 6.54 Å². The second-order valence-electron chi connectivity index (χ2n) is 3.97. The first-order valence-electron chi connectivity index (χ1n) is 5.08. The van der Waals surface area contributed by atoms with Crippen LogP contribution in [0.3, 0.4) is 0 Å². The lowest BCUT2D eigenvalue weighted by atomic mass is 10.2. The Kier molecular flexibility index (Phi) is 4.07. The number of rotatable bonds is 4. The fraction of sp³-hybridized carbons (Fsp3) is 0.455. The van der Waals surface area contributed by atoms with Gasteiger partial charge < -0.3 is 5.11 Å². The maximum absolute atomic E-state index is 11.8. The standard InChI is InChI=1S/C11H17NO3S/c1-8-4-5-11(9(2)6-8)16(14,15)12-7-10(3)13/h4-6,10,12-13H,7H2,1-3H3. The molecule has 16 heavy (non-hydrogen) atoms. The first-order valence-corrected chi connectivity index (χ1v) is 6.56. The van der Waals surface area contributed by atoms with Gasteiger partial charge in [0.2, 0.25) is 10.0 Å². The number of sulfonamides is 1. The Morgan fingerprint density at radius 3 is 2.50 bits per heavy atom. The highest BCUT2D eigenvalue weighted by Gasteiger charge is 2.16. The molecule has 1 rings (SSSR count). The van der Waals surface area contributed by atoms with Gasteiger partial charge >= 0.3 is 0 Å². The smallest absolute Gasteiger partial charge is 0.240 e. The number of benzene rings is 1. The summed E-state index contributed by atoms with van der Waals surface area (Å²) in [5.74, 6) is 0. The number of hydrogen-bond donors (Lipinski definition) is 2. The predicted molar refractivity (Wildman–Crippen MR) is 62.8 cm³/mol. The van der Waals surface area contributed by atoms with Crippen molar-refractivity contribution in [2.45, 2.75) is 31.8 Å². The van der Waals surface area contributed by atoms with Crippen molar-refractivity contribution in [1.29, 1.82) is 0 Å². The molecular weight excluding hydrogens is 226 g/mol. The van der Waals surface area contributed by atoms with Crippen molar-refractivity contribution in [3.8, 4) is 0 Å². The maximum Gasteiger partial charge on any atom is 0.240 e. The Bertz CT molecular complexity index is 466. The van der Waals surface area contributed by atoms with E-state index in [-0.39, 0.29) is 11.4 Å². The summed E-state index contributed by atoms with van der Waals surface area (Å²) < 4.78 is 26.1. The van der Waals surface area contributed by atoms with Gasteiger partial charge in [0.15, 0.2) is 0 Å². The van der Waals surface area contributed by atoms with Gasteiger partial charge in [0.1, 0.15) is 0 Å². The summed E-state index contributed by atoms with van der Waals surface area (Å²) in [4.78, 5) is 0.263. The molecule has 0 saturated heterocycles. The van der Waals surface area contributed by atoms with Crippen molar-refractivity contribution >= 4 is 10.0 Å². The molecule has 0 spiro atoms. The third-order valence-corrected chi connectivity index (χ3v) is 3.77. The molecule has 0 heterocycles. The van der Waals surface area contributed by atoms with Crippen LogP contribution in [0.1, 0.15) is 18.1 Å². The van der Waals surface area contributed by atoms with Gasteiger partial charge in [-0.15, -0.1) is 0 Å². The van der Waals surface area contributed by atoms with Crippen LogP contribution in [0.4, 0.5) is 0 Å². The lowest BCUT2D eigenvalue weighted by Crippen LogP contribution is -2.31. The van der Waals surface area contributed by atoms with Crippen molar-refractivity contribution in [3.05, 3.63) is 29.3 Å². The molecule has 0 bridgehead atoms. The quantitative estimate of drug-likeness (QED) is 0.828. The fourth-order valence-corrected chi connectivity index (χ4v) is 2.76. The molecule has 2 N–H and O–H groups in total. The zero-order chi connectivity index (χ0) is 12.3. The Labute approximate surface area is 96.4 Å². The molecule has 0 saturated carbocycles. The van der Waals surface area contributed by atoms with Gasteiger partial charge in [-0.3, -0.25) is 0 Å². The average molecular weight is 243 g/mol. The fourth-order valence-electron chi connectivity index (χ4n) is 1.41. The summed E-state index contributed by atoms with van der Waals surface area (Å²) in [5, 5.41) is 9.05. The molecular formula is C11H17NO3S. The van der Waals surface area contributed by atoms with E-state index in [4.69, 9.17) is 5.11 Å². The lowest BCUT2D eigenvalue weighted by molar-refractivity contribution is 0.198. The van der Waals surface area contributed by atoms with Crippen LogP contribution in [0.15, 0.2) is 23.1 Å². The van der Waals surface area contributed by atoms with Gasteiger partial charge in [0.25, 0.3) is 0 Å². The zero-order valence-electron chi connectivity index (χ0n) is 9.69. The number of hydrogen-bond acceptors (Lipinski definition) is 3. The second kappa shape index (κ2) is 4.95. The highest BCUT2D eigenvalue weighted by molar-refractivity contribution is 7.89. The van der Waals surface area contributed by atoms with Crippen LogP contribution in [-0.4, -0.2) is 26.2 Å². The molecule has 90 valence electrons. The first-order chi connectivity index (χ1) is 7.33. The lowest BCUT2D eigenvalue weighted by Gasteiger charge is -2.10. The Morgan fingerprint density at radius 2 is 2.00 bits per heavy atom. The minimum Gasteiger partial charge on any atom is -0.392 e. The van der Waals surface area contributed by atoms with Crippen LogP contribution in [-0.2, 0) is 10.0 Å². The summed E-state index contributed by atoms with van der Waals surface area (Å²) in [6, 6.07) is 5.15. The van der Waals surface area contributed by atoms with Crippen molar-refractivity contribution in [2.24, 2.45) is 0 Å². The van der Waals surface area contributed by atoms with E-state index in [0.717, 1.165) is 5.56 Å². The SMILES string of the molecule is Cc1ccc(S(=O)(=O)NCC(C)O)c(C)c1. The summed E-state index contributed by atoms with van der Waals surface area (Å²) in [6.45, 7) is 5.22. The third kappa shape index (κ3) is 3.30. The van der Waals surface area contributed by atoms with E-state index in [2.05, 4.69) is 4.72 Å². The maximum atomic E-state index is 11.8. The molecule has 1 unspecified atom stereocenters. The molecule has 5 heteroatoms. The monoisotopic (exact) mass is 243 g/mol. The molecule has 1 atom stereocenters. The summed E-state index contributed by atoms with van der Waals surface area (Å²) in [5.41, 5.74) is 1.73. The summed E-state index contributed by atoms with van der Waals surface area (Å²) in [7, 11) is -3.51. The molecule has 4 nitrogen and oxygen atoms in total. The molecule has 0 aliphatic carbocycles. The van der Waals surface area contributed by atoms with Gasteiger partial charge in [-0.05, 0) is 32.4 Å². The van der Waals surface area contributed by atoms with Crippen molar-refractivity contribution < 1.29 is 13.5 Å². The molecule has 0 aromatic heterocycles. The minimum atomic E-state index is -3.51. The van der Waals surface area contributed by atoms with Gasteiger partial charge in [-0.2, -0.15) is 0 Å². The summed E-state index contributed by atoms with van der Waals surface area (Å²) in [6.07, 6.45) is -0.694. The van der Waals surface area contributed by atoms with Gasteiger partial charge in [-0.1, -0.05) is 17.7 Å². The molecule has 0 amide bonds. The highest BCUT2D eigenvalue weighted by Crippen LogP contribution is 2.15. The van der Waals surface area contributed by atoms with Crippen molar-refractivity contribution in [2.75, 3.05) is 6.54 Å². The van der Waals surface area contributed by atoms with E-state index in [1.807, 2.05) is 13.0 Å². The second-order valence-corrected chi connectivity index (χ2v) is 5.71. The van der Waals surface area contributed by atoms with Crippen LogP contribution in [0.25, 0.3) is 0 Å². The first kappa shape index (κ1) is 13.2. The van der Waals surface area contributed by atoms with Crippen molar-refractivity contribution in [1.82, 2.24) is 4.72 Å². The number of aliphatic hydroxyl groups excluding tert-OH is 1. The molecule has 1 aromatic rings. The largest absolute Gasteiger partial charge is 0.392 e. The molecule has 1 aromatic carbocycles. The summed E-state index contributed by atoms with van der Waals surface area (Å²) >= 11 is 0. The van der Waals surface area contributed by atoms with Crippen LogP contribution >= 0.6 is 0 Å². The third-order valence-electron chi connectivity index (χ3n) is 2.19. The van der Waals surface area contributed by atoms with Crippen LogP contribution in [0.2, 0.25) is 0 Å². The number of aliphatic hydroxyl groups is 1. The average Bonchev–Trinajstić information content (AvgIpc) is 2.14. The number of nitrogens with one attached hydrogen (secondary N) is 1. The topological polar surface area (TPSA) is 66.4 Å². The van der Waals surface area contributed by atoms with E-state index in [1.165, 1.54) is 6.92 Å². The van der Waals surface area contributed by atoms with Crippen LogP contribution in [0, 0.1) is 13.8 Å². The van der Waals surface area contributed by atoms with E-state index >= 15 is 0 Å². The normalized spacial score (nSPS) is 13.8. The number of aryl methyl sites for hydroxylation is 2. The molecule has 0 aliphatic heterocycles. The Morgan fingerprint density at radius 1 is 1.38 bits per heavy atom. The Hall–Kier alpha value is -0.910. The predicted octanol–water partition coefficient (Wildman–Crippen LogP) is 0.963. The van der Waals surface area contributed by atoms with Crippen LogP contribution in [0.5, 0.6) is 0 Å². The van der Waals surface area contributed by atoms with Gasteiger partial charge in [0.05, 0.1) is 11.0 Å².